The minimum atomic E-state index is -0.573. The predicted octanol–water partition coefficient (Wildman–Crippen LogP) is 4.09. The Bertz CT molecular complexity index is 1210. The zero-order valence-corrected chi connectivity index (χ0v) is 17.1. The average molecular weight is 422 g/mol. The van der Waals surface area contributed by atoms with Crippen LogP contribution in [0.15, 0.2) is 30.3 Å². The summed E-state index contributed by atoms with van der Waals surface area (Å²) in [6.45, 7) is 3.33. The summed E-state index contributed by atoms with van der Waals surface area (Å²) in [5.74, 6) is 6.66. The highest BCUT2D eigenvalue weighted by Gasteiger charge is 2.37. The Labute approximate surface area is 179 Å². The first kappa shape index (κ1) is 19.1. The number of rotatable bonds is 1. The first-order valence-corrected chi connectivity index (χ1v) is 10.4. The molecule has 0 unspecified atom stereocenters. The average Bonchev–Trinajstić information content (AvgIpc) is 2.76. The molecule has 4 heterocycles. The van der Waals surface area contributed by atoms with E-state index in [1.807, 2.05) is 6.07 Å². The lowest BCUT2D eigenvalue weighted by Crippen LogP contribution is -2.47. The van der Waals surface area contributed by atoms with Gasteiger partial charge in [-0.1, -0.05) is 29.5 Å². The summed E-state index contributed by atoms with van der Waals surface area (Å²) in [4.78, 5) is 11.3. The van der Waals surface area contributed by atoms with E-state index >= 15 is 0 Å². The van der Waals surface area contributed by atoms with Crippen LogP contribution in [-0.2, 0) is 0 Å². The van der Waals surface area contributed by atoms with Crippen molar-refractivity contribution in [3.05, 3.63) is 46.7 Å². The van der Waals surface area contributed by atoms with E-state index in [1.165, 1.54) is 6.07 Å². The fourth-order valence-corrected chi connectivity index (χ4v) is 4.51. The summed E-state index contributed by atoms with van der Waals surface area (Å²) >= 11 is 5.91. The van der Waals surface area contributed by atoms with Crippen molar-refractivity contribution < 1.29 is 4.39 Å². The predicted molar refractivity (Wildman–Crippen MR) is 118 cm³/mol. The molecule has 0 saturated carbocycles. The maximum atomic E-state index is 14.5. The molecule has 0 spiro atoms. The molecule has 2 aromatic carbocycles. The van der Waals surface area contributed by atoms with Crippen molar-refractivity contribution in [1.29, 1.82) is 0 Å². The highest BCUT2D eigenvalue weighted by Crippen LogP contribution is 2.39. The van der Waals surface area contributed by atoms with Crippen LogP contribution in [0.2, 0.25) is 5.02 Å². The van der Waals surface area contributed by atoms with Gasteiger partial charge < -0.3 is 16.4 Å². The summed E-state index contributed by atoms with van der Waals surface area (Å²) < 4.78 is 14.5. The summed E-state index contributed by atoms with van der Waals surface area (Å²) in [5.41, 5.74) is 14.5. The lowest BCUT2D eigenvalue weighted by Gasteiger charge is -2.45. The highest BCUT2D eigenvalue weighted by molar-refractivity contribution is 6.31. The minimum absolute atomic E-state index is 0.0106. The molecule has 0 amide bonds. The summed E-state index contributed by atoms with van der Waals surface area (Å²) in [6.07, 6.45) is 3.29. The van der Waals surface area contributed by atoms with Crippen molar-refractivity contribution in [2.75, 3.05) is 31.1 Å². The SMILES string of the molecule is Nc1cc2c(N)nc(-c3cccc(Cl)c3F)nc2cc1C#CC12CCN(CC1)CC2. The molecule has 6 rings (SSSR count). The van der Waals surface area contributed by atoms with Crippen LogP contribution in [-0.4, -0.2) is 34.5 Å². The molecule has 0 radical (unpaired) electrons. The van der Waals surface area contributed by atoms with Crippen LogP contribution in [0, 0.1) is 23.1 Å². The van der Waals surface area contributed by atoms with Gasteiger partial charge in [0.15, 0.2) is 11.6 Å². The Morgan fingerprint density at radius 3 is 2.53 bits per heavy atom. The van der Waals surface area contributed by atoms with Crippen LogP contribution in [0.3, 0.4) is 0 Å². The molecular weight excluding hydrogens is 401 g/mol. The molecule has 3 aliphatic heterocycles. The van der Waals surface area contributed by atoms with Crippen LogP contribution in [0.5, 0.6) is 0 Å². The molecule has 152 valence electrons. The smallest absolute Gasteiger partial charge is 0.165 e. The van der Waals surface area contributed by atoms with Crippen LogP contribution >= 0.6 is 11.6 Å². The molecule has 3 saturated heterocycles. The second kappa shape index (κ2) is 7.12. The molecule has 3 fully saturated rings. The van der Waals surface area contributed by atoms with E-state index in [0.717, 1.165) is 38.9 Å². The lowest BCUT2D eigenvalue weighted by atomic mass is 9.72. The molecule has 5 nitrogen and oxygen atoms in total. The van der Waals surface area contributed by atoms with Crippen LogP contribution in [0.4, 0.5) is 15.9 Å². The largest absolute Gasteiger partial charge is 0.398 e. The van der Waals surface area contributed by atoms with Crippen molar-refractivity contribution in [1.82, 2.24) is 14.9 Å². The second-order valence-electron chi connectivity index (χ2n) is 8.11. The lowest BCUT2D eigenvalue weighted by molar-refractivity contribution is 0.0680. The molecule has 7 heteroatoms. The van der Waals surface area contributed by atoms with Crippen molar-refractivity contribution in [3.8, 4) is 23.2 Å². The molecule has 3 aromatic rings. The molecule has 3 aliphatic rings. The number of anilines is 2. The Hall–Kier alpha value is -2.88. The van der Waals surface area contributed by atoms with Crippen LogP contribution in [0.25, 0.3) is 22.3 Å². The quantitative estimate of drug-likeness (QED) is 0.457. The number of aromatic nitrogens is 2. The fraction of sp³-hybridized carbons (Fsp3) is 0.304. The normalized spacial score (nSPS) is 22.7. The third kappa shape index (κ3) is 3.24. The van der Waals surface area contributed by atoms with E-state index < -0.39 is 5.82 Å². The Balaban J connectivity index is 1.59. The van der Waals surface area contributed by atoms with Gasteiger partial charge in [-0.05, 0) is 63.2 Å². The van der Waals surface area contributed by atoms with E-state index in [-0.39, 0.29) is 27.6 Å². The summed E-state index contributed by atoms with van der Waals surface area (Å²) in [6, 6.07) is 8.27. The molecule has 4 N–H and O–H groups in total. The van der Waals surface area contributed by atoms with Gasteiger partial charge in [0, 0.05) is 22.1 Å². The monoisotopic (exact) mass is 421 g/mol. The molecule has 2 bridgehead atoms. The summed E-state index contributed by atoms with van der Waals surface area (Å²) in [7, 11) is 0. The van der Waals surface area contributed by atoms with Gasteiger partial charge in [-0.25, -0.2) is 14.4 Å². The second-order valence-corrected chi connectivity index (χ2v) is 8.52. The highest BCUT2D eigenvalue weighted by atomic mass is 35.5. The van der Waals surface area contributed by atoms with Gasteiger partial charge in [-0.15, -0.1) is 0 Å². The van der Waals surface area contributed by atoms with Gasteiger partial charge in [-0.3, -0.25) is 0 Å². The summed E-state index contributed by atoms with van der Waals surface area (Å²) in [5, 5.41) is 0.629. The first-order chi connectivity index (χ1) is 14.4. The van der Waals surface area contributed by atoms with Crippen molar-refractivity contribution in [2.45, 2.75) is 19.3 Å². The van der Waals surface area contributed by atoms with E-state index in [2.05, 4.69) is 26.7 Å². The number of fused-ring (bicyclic) bond motifs is 4. The fourth-order valence-electron chi connectivity index (χ4n) is 4.34. The van der Waals surface area contributed by atoms with Crippen LogP contribution in [0.1, 0.15) is 24.8 Å². The van der Waals surface area contributed by atoms with E-state index in [4.69, 9.17) is 23.1 Å². The Morgan fingerprint density at radius 2 is 1.80 bits per heavy atom. The van der Waals surface area contributed by atoms with Gasteiger partial charge >= 0.3 is 0 Å². The molecule has 0 aliphatic carbocycles. The van der Waals surface area contributed by atoms with Crippen LogP contribution < -0.4 is 11.5 Å². The number of piperidine rings is 3. The molecule has 1 aromatic heterocycles. The van der Waals surface area contributed by atoms with Gasteiger partial charge in [0.25, 0.3) is 0 Å². The van der Waals surface area contributed by atoms with Crippen molar-refractivity contribution >= 4 is 34.0 Å². The Kier molecular flexibility index (Phi) is 4.53. The molecular formula is C23H21ClFN5. The number of hydrogen-bond donors (Lipinski definition) is 2. The number of benzene rings is 2. The number of nitrogens with two attached hydrogens (primary N) is 2. The van der Waals surface area contributed by atoms with Crippen molar-refractivity contribution in [2.24, 2.45) is 5.41 Å². The number of nitrogens with zero attached hydrogens (tertiary/aromatic N) is 3. The van der Waals surface area contributed by atoms with Gasteiger partial charge in [0.2, 0.25) is 0 Å². The third-order valence-corrected chi connectivity index (χ3v) is 6.56. The molecule has 30 heavy (non-hydrogen) atoms. The zero-order chi connectivity index (χ0) is 20.9. The Morgan fingerprint density at radius 1 is 1.07 bits per heavy atom. The minimum Gasteiger partial charge on any atom is -0.398 e. The maximum absolute atomic E-state index is 14.5. The zero-order valence-electron chi connectivity index (χ0n) is 16.4. The van der Waals surface area contributed by atoms with Gasteiger partial charge in [0.1, 0.15) is 5.82 Å². The third-order valence-electron chi connectivity index (χ3n) is 6.27. The van der Waals surface area contributed by atoms with Gasteiger partial charge in [0.05, 0.1) is 16.1 Å². The maximum Gasteiger partial charge on any atom is 0.165 e. The standard InChI is InChI=1S/C23H21ClFN5/c24-17-3-1-2-15(20(17)25)22-28-19-12-14(18(26)13-16(19)21(27)29-22)4-5-23-6-9-30(10-7-23)11-8-23/h1-3,12-13H,6-11,26H2,(H2,27,28,29). The number of hydrogen-bond acceptors (Lipinski definition) is 5. The van der Waals surface area contributed by atoms with Gasteiger partial charge in [-0.2, -0.15) is 0 Å². The van der Waals surface area contributed by atoms with E-state index in [1.54, 1.807) is 18.2 Å². The number of halogens is 2. The van der Waals surface area contributed by atoms with E-state index in [9.17, 15) is 4.39 Å². The molecule has 0 atom stereocenters. The van der Waals surface area contributed by atoms with E-state index in [0.29, 0.717) is 22.2 Å². The number of nitrogen functional groups attached to an aromatic ring is 2. The first-order valence-electron chi connectivity index (χ1n) is 10.0. The topological polar surface area (TPSA) is 81.1 Å². The van der Waals surface area contributed by atoms with Crippen molar-refractivity contribution in [3.63, 3.8) is 0 Å².